The number of carboxylic acids is 1. The molecule has 3 aromatic carbocycles. The van der Waals surface area contributed by atoms with E-state index in [1.165, 1.54) is 49.5 Å². The highest BCUT2D eigenvalue weighted by Gasteiger charge is 2.32. The van der Waals surface area contributed by atoms with Crippen LogP contribution in [0.5, 0.6) is 11.5 Å². The van der Waals surface area contributed by atoms with Gasteiger partial charge in [0.1, 0.15) is 4.32 Å². The molecule has 0 saturated carbocycles. The second-order valence-electron chi connectivity index (χ2n) is 8.44. The van der Waals surface area contributed by atoms with Gasteiger partial charge in [0, 0.05) is 24.2 Å². The number of rotatable bonds is 9. The number of carbonyl (C=O) groups excluding carboxylic acids is 2. The van der Waals surface area contributed by atoms with Crippen molar-refractivity contribution in [3.63, 3.8) is 0 Å². The zero-order valence-electron chi connectivity index (χ0n) is 21.2. The topological polar surface area (TPSA) is 105 Å². The van der Waals surface area contributed by atoms with E-state index in [-0.39, 0.29) is 33.7 Å². The fourth-order valence-electron chi connectivity index (χ4n) is 3.91. The van der Waals surface area contributed by atoms with Crippen LogP contribution in [0.2, 0.25) is 0 Å². The van der Waals surface area contributed by atoms with Crippen molar-refractivity contribution in [1.82, 2.24) is 4.90 Å². The van der Waals surface area contributed by atoms with Crippen molar-refractivity contribution in [2.45, 2.75) is 6.42 Å². The van der Waals surface area contributed by atoms with Crippen molar-refractivity contribution < 1.29 is 37.7 Å². The van der Waals surface area contributed by atoms with Crippen LogP contribution in [0.4, 0.5) is 14.5 Å². The molecule has 8 nitrogen and oxygen atoms in total. The molecule has 0 radical (unpaired) electrons. The highest BCUT2D eigenvalue weighted by atomic mass is 32.2. The first-order chi connectivity index (χ1) is 19.1. The molecule has 2 N–H and O–H groups in total. The Hall–Kier alpha value is -4.29. The Bertz CT molecular complexity index is 1540. The number of aromatic carboxylic acids is 1. The van der Waals surface area contributed by atoms with Gasteiger partial charge in [0.2, 0.25) is 5.91 Å². The Morgan fingerprint density at radius 3 is 2.38 bits per heavy atom. The van der Waals surface area contributed by atoms with E-state index in [1.807, 2.05) is 0 Å². The van der Waals surface area contributed by atoms with Gasteiger partial charge in [-0.25, -0.2) is 13.6 Å². The van der Waals surface area contributed by atoms with E-state index in [0.717, 1.165) is 23.9 Å². The van der Waals surface area contributed by atoms with Gasteiger partial charge in [-0.1, -0.05) is 30.0 Å². The van der Waals surface area contributed by atoms with Crippen LogP contribution in [0.15, 0.2) is 59.5 Å². The van der Waals surface area contributed by atoms with E-state index < -0.39 is 23.5 Å². The van der Waals surface area contributed by atoms with Crippen molar-refractivity contribution in [3.8, 4) is 22.6 Å². The van der Waals surface area contributed by atoms with E-state index in [9.17, 15) is 23.2 Å². The Labute approximate surface area is 237 Å². The summed E-state index contributed by atoms with van der Waals surface area (Å²) in [5.74, 6) is -3.20. The van der Waals surface area contributed by atoms with Crippen LogP contribution >= 0.6 is 24.0 Å². The molecule has 0 unspecified atom stereocenters. The van der Waals surface area contributed by atoms with Gasteiger partial charge in [-0.2, -0.15) is 0 Å². The first-order valence-corrected chi connectivity index (χ1v) is 12.9. The Morgan fingerprint density at radius 1 is 1.02 bits per heavy atom. The number of hydrogen-bond acceptors (Lipinski definition) is 7. The smallest absolute Gasteiger partial charge is 0.335 e. The molecule has 1 aliphatic heterocycles. The molecular formula is C28H22F2N2O6S2. The van der Waals surface area contributed by atoms with Crippen LogP contribution in [-0.4, -0.2) is 52.9 Å². The number of ether oxygens (including phenoxy) is 2. The number of benzene rings is 3. The summed E-state index contributed by atoms with van der Waals surface area (Å²) >= 11 is 6.43. The van der Waals surface area contributed by atoms with E-state index >= 15 is 0 Å². The average Bonchev–Trinajstić information content (AvgIpc) is 3.20. The van der Waals surface area contributed by atoms with Crippen LogP contribution < -0.4 is 14.8 Å². The molecule has 1 saturated heterocycles. The molecule has 206 valence electrons. The Morgan fingerprint density at radius 2 is 1.75 bits per heavy atom. The lowest BCUT2D eigenvalue weighted by Gasteiger charge is -2.15. The van der Waals surface area contributed by atoms with Crippen molar-refractivity contribution >= 4 is 57.8 Å². The fourth-order valence-corrected chi connectivity index (χ4v) is 5.21. The lowest BCUT2D eigenvalue weighted by Crippen LogP contribution is -2.31. The number of nitrogens with one attached hydrogen (secondary N) is 1. The maximum absolute atomic E-state index is 13.9. The molecule has 0 aliphatic carbocycles. The van der Waals surface area contributed by atoms with Crippen molar-refractivity contribution in [3.05, 3.63) is 82.3 Å². The number of anilines is 1. The van der Waals surface area contributed by atoms with E-state index in [4.69, 9.17) is 26.8 Å². The third-order valence-electron chi connectivity index (χ3n) is 5.90. The highest BCUT2D eigenvalue weighted by Crippen LogP contribution is 2.40. The number of nitrogens with zero attached hydrogens (tertiary/aromatic N) is 1. The molecule has 1 aliphatic rings. The predicted octanol–water partition coefficient (Wildman–Crippen LogP) is 5.58. The summed E-state index contributed by atoms with van der Waals surface area (Å²) in [5, 5.41) is 11.6. The number of hydrogen-bond donors (Lipinski definition) is 2. The molecule has 4 rings (SSSR count). The molecule has 0 aromatic heterocycles. The average molecular weight is 585 g/mol. The van der Waals surface area contributed by atoms with E-state index in [0.29, 0.717) is 33.9 Å². The monoisotopic (exact) mass is 584 g/mol. The second kappa shape index (κ2) is 12.3. The normalized spacial score (nSPS) is 14.0. The maximum atomic E-state index is 13.9. The molecule has 12 heteroatoms. The van der Waals surface area contributed by atoms with Gasteiger partial charge < -0.3 is 19.9 Å². The molecule has 0 bridgehead atoms. The molecule has 0 atom stereocenters. The third-order valence-corrected chi connectivity index (χ3v) is 7.28. The van der Waals surface area contributed by atoms with Crippen LogP contribution in [0.25, 0.3) is 17.2 Å². The number of halogens is 2. The molecule has 3 aromatic rings. The zero-order valence-corrected chi connectivity index (χ0v) is 22.8. The summed E-state index contributed by atoms with van der Waals surface area (Å²) in [5.41, 5.74) is 1.86. The Balaban J connectivity index is 1.52. The number of thioether (sulfide) groups is 1. The summed E-state index contributed by atoms with van der Waals surface area (Å²) in [4.78, 5) is 38.2. The van der Waals surface area contributed by atoms with Crippen molar-refractivity contribution in [1.29, 1.82) is 0 Å². The number of carboxylic acid groups (broad SMARTS) is 1. The van der Waals surface area contributed by atoms with Gasteiger partial charge in [0.05, 0.1) is 24.7 Å². The molecule has 1 fully saturated rings. The first kappa shape index (κ1) is 28.7. The Kier molecular flexibility index (Phi) is 8.80. The second-order valence-corrected chi connectivity index (χ2v) is 10.1. The molecule has 0 spiro atoms. The molecule has 1 heterocycles. The minimum Gasteiger partial charge on any atom is -0.493 e. The van der Waals surface area contributed by atoms with Crippen LogP contribution in [-0.2, 0) is 9.59 Å². The standard InChI is InChI=1S/C28H22F2N2O6S2/c1-37-22-13-17(16-5-8-20(29)21(30)12-16)11-18(25(22)38-2)14-23-26(34)32(28(39)40-23)10-9-24(33)31-19-6-3-15(4-7-19)27(35)36/h3-8,11-14H,9-10H2,1-2H3,(H,31,33)(H,35,36). The highest BCUT2D eigenvalue weighted by molar-refractivity contribution is 8.26. The summed E-state index contributed by atoms with van der Waals surface area (Å²) in [6, 6.07) is 12.5. The lowest BCUT2D eigenvalue weighted by atomic mass is 10.0. The molecule has 2 amide bonds. The third kappa shape index (κ3) is 6.29. The van der Waals surface area contributed by atoms with Crippen molar-refractivity contribution in [2.75, 3.05) is 26.1 Å². The maximum Gasteiger partial charge on any atom is 0.335 e. The van der Waals surface area contributed by atoms with E-state index in [2.05, 4.69) is 5.32 Å². The van der Waals surface area contributed by atoms with Gasteiger partial charge in [-0.15, -0.1) is 0 Å². The number of carbonyl (C=O) groups is 3. The van der Waals surface area contributed by atoms with Crippen LogP contribution in [0, 0.1) is 11.6 Å². The minimum absolute atomic E-state index is 0.0242. The van der Waals surface area contributed by atoms with Gasteiger partial charge in [-0.3, -0.25) is 14.5 Å². The van der Waals surface area contributed by atoms with Gasteiger partial charge in [0.15, 0.2) is 23.1 Å². The molecule has 40 heavy (non-hydrogen) atoms. The van der Waals surface area contributed by atoms with Gasteiger partial charge in [0.25, 0.3) is 5.91 Å². The van der Waals surface area contributed by atoms with Gasteiger partial charge in [-0.05, 0) is 65.7 Å². The van der Waals surface area contributed by atoms with Crippen LogP contribution in [0.3, 0.4) is 0 Å². The first-order valence-electron chi connectivity index (χ1n) is 11.7. The van der Waals surface area contributed by atoms with Crippen LogP contribution in [0.1, 0.15) is 22.3 Å². The number of methoxy groups -OCH3 is 2. The summed E-state index contributed by atoms with van der Waals surface area (Å²) in [6.07, 6.45) is 1.51. The predicted molar refractivity (Wildman–Crippen MR) is 151 cm³/mol. The SMILES string of the molecule is COc1cc(-c2ccc(F)c(F)c2)cc(C=C2SC(=S)N(CCC(=O)Nc3ccc(C(=O)O)cc3)C2=O)c1OC. The summed E-state index contributed by atoms with van der Waals surface area (Å²) in [7, 11) is 2.87. The minimum atomic E-state index is -1.08. The van der Waals surface area contributed by atoms with Crippen molar-refractivity contribution in [2.24, 2.45) is 0 Å². The number of thiocarbonyl (C=S) groups is 1. The zero-order chi connectivity index (χ0) is 29.0. The van der Waals surface area contributed by atoms with E-state index in [1.54, 1.807) is 18.2 Å². The largest absolute Gasteiger partial charge is 0.493 e. The quantitative estimate of drug-likeness (QED) is 0.248. The summed E-state index contributed by atoms with van der Waals surface area (Å²) in [6.45, 7) is 0.0242. The number of amides is 2. The lowest BCUT2D eigenvalue weighted by molar-refractivity contribution is -0.122. The molecular weight excluding hydrogens is 562 g/mol. The summed E-state index contributed by atoms with van der Waals surface area (Å²) < 4.78 is 38.6. The fraction of sp³-hybridized carbons (Fsp3) is 0.143. The van der Waals surface area contributed by atoms with Gasteiger partial charge >= 0.3 is 5.97 Å².